The molecular weight excluding hydrogens is 226 g/mol. The van der Waals surface area contributed by atoms with Crippen LogP contribution in [-0.2, 0) is 0 Å². The third kappa shape index (κ3) is 3.01. The molecule has 1 aromatic rings. The van der Waals surface area contributed by atoms with Gasteiger partial charge in [-0.25, -0.2) is 0 Å². The van der Waals surface area contributed by atoms with Gasteiger partial charge in [0.15, 0.2) is 0 Å². The molecule has 1 aromatic heterocycles. The van der Waals surface area contributed by atoms with E-state index in [0.29, 0.717) is 6.42 Å². The lowest BCUT2D eigenvalue weighted by Gasteiger charge is -2.11. The number of carbonyl (C=O) groups is 1. The van der Waals surface area contributed by atoms with Gasteiger partial charge in [-0.1, -0.05) is 6.92 Å². The number of hydrogen-bond donors (Lipinski definition) is 2. The van der Waals surface area contributed by atoms with Crippen LogP contribution < -0.4 is 5.32 Å². The minimum Gasteiger partial charge on any atom is -0.347 e. The fraction of sp³-hybridized carbons (Fsp3) is 0.444. The number of nitrogens with zero attached hydrogens (tertiary/aromatic N) is 3. The van der Waals surface area contributed by atoms with Crippen LogP contribution in [-0.4, -0.2) is 27.1 Å². The van der Waals surface area contributed by atoms with E-state index >= 15 is 0 Å². The first-order chi connectivity index (χ1) is 8.10. The second-order valence-electron chi connectivity index (χ2n) is 3.33. The molecule has 0 aromatic carbocycles. The van der Waals surface area contributed by atoms with Crippen molar-refractivity contribution in [3.63, 3.8) is 0 Å². The van der Waals surface area contributed by atoms with Gasteiger partial charge < -0.3 is 5.32 Å². The van der Waals surface area contributed by atoms with Crippen molar-refractivity contribution in [3.05, 3.63) is 22.0 Å². The summed E-state index contributed by atoms with van der Waals surface area (Å²) in [7, 11) is 0. The minimum absolute atomic E-state index is 0.157. The quantitative estimate of drug-likeness (QED) is 0.577. The number of nitriles is 1. The highest BCUT2D eigenvalue weighted by molar-refractivity contribution is 5.96. The van der Waals surface area contributed by atoms with Gasteiger partial charge in [0.25, 0.3) is 5.91 Å². The summed E-state index contributed by atoms with van der Waals surface area (Å²) in [6, 6.07) is 1.61. The van der Waals surface area contributed by atoms with E-state index in [2.05, 4.69) is 15.5 Å². The molecule has 0 saturated heterocycles. The highest BCUT2D eigenvalue weighted by Crippen LogP contribution is 2.14. The molecule has 0 spiro atoms. The Labute approximate surface area is 96.8 Å². The summed E-state index contributed by atoms with van der Waals surface area (Å²) in [5.74, 6) is -0.628. The molecule has 1 rings (SSSR count). The Balaban J connectivity index is 2.79. The predicted octanol–water partition coefficient (Wildman–Crippen LogP) is 0.740. The zero-order valence-electron chi connectivity index (χ0n) is 9.14. The minimum atomic E-state index is -0.691. The van der Waals surface area contributed by atoms with E-state index in [1.165, 1.54) is 0 Å². The van der Waals surface area contributed by atoms with Gasteiger partial charge in [0.05, 0.1) is 17.4 Å². The molecule has 17 heavy (non-hydrogen) atoms. The van der Waals surface area contributed by atoms with Crippen LogP contribution in [0.1, 0.15) is 30.3 Å². The zero-order chi connectivity index (χ0) is 12.8. The third-order valence-corrected chi connectivity index (χ3v) is 2.21. The van der Waals surface area contributed by atoms with Crippen molar-refractivity contribution >= 4 is 11.6 Å². The first-order valence-electron chi connectivity index (χ1n) is 4.95. The van der Waals surface area contributed by atoms with Crippen molar-refractivity contribution in [1.82, 2.24) is 15.5 Å². The number of aromatic nitrogens is 2. The lowest BCUT2D eigenvalue weighted by atomic mass is 10.1. The molecule has 1 atom stereocenters. The van der Waals surface area contributed by atoms with Crippen molar-refractivity contribution in [2.24, 2.45) is 0 Å². The molecule has 1 heterocycles. The van der Waals surface area contributed by atoms with Crippen LogP contribution in [0.25, 0.3) is 0 Å². The second-order valence-corrected chi connectivity index (χ2v) is 3.33. The van der Waals surface area contributed by atoms with Crippen molar-refractivity contribution < 1.29 is 9.72 Å². The fourth-order valence-corrected chi connectivity index (χ4v) is 1.25. The van der Waals surface area contributed by atoms with Gasteiger partial charge in [-0.05, 0) is 6.42 Å². The molecule has 8 nitrogen and oxygen atoms in total. The Morgan fingerprint density at radius 3 is 3.06 bits per heavy atom. The van der Waals surface area contributed by atoms with Gasteiger partial charge in [-0.2, -0.15) is 10.4 Å². The van der Waals surface area contributed by atoms with Crippen LogP contribution in [0.15, 0.2) is 6.20 Å². The van der Waals surface area contributed by atoms with Gasteiger partial charge in [-0.15, -0.1) is 0 Å². The maximum Gasteiger partial charge on any atom is 0.319 e. The summed E-state index contributed by atoms with van der Waals surface area (Å²) < 4.78 is 0. The Bertz CT molecular complexity index is 461. The molecule has 0 unspecified atom stereocenters. The Morgan fingerprint density at radius 2 is 2.53 bits per heavy atom. The Morgan fingerprint density at radius 1 is 1.82 bits per heavy atom. The molecule has 0 saturated carbocycles. The molecule has 1 amide bonds. The van der Waals surface area contributed by atoms with Crippen molar-refractivity contribution in [2.75, 3.05) is 0 Å². The first-order valence-corrected chi connectivity index (χ1v) is 4.95. The maximum absolute atomic E-state index is 11.7. The van der Waals surface area contributed by atoms with Gasteiger partial charge in [-0.3, -0.25) is 20.0 Å². The van der Waals surface area contributed by atoms with E-state index in [0.717, 1.165) is 6.20 Å². The van der Waals surface area contributed by atoms with Crippen LogP contribution >= 0.6 is 0 Å². The number of carbonyl (C=O) groups excluding carboxylic acids is 1. The number of H-pyrrole nitrogens is 1. The van der Waals surface area contributed by atoms with E-state index in [9.17, 15) is 14.9 Å². The third-order valence-electron chi connectivity index (χ3n) is 2.21. The molecule has 0 aliphatic rings. The van der Waals surface area contributed by atoms with Gasteiger partial charge in [0.2, 0.25) is 5.69 Å². The normalized spacial score (nSPS) is 11.5. The topological polar surface area (TPSA) is 125 Å². The van der Waals surface area contributed by atoms with Gasteiger partial charge in [0, 0.05) is 6.04 Å². The number of aromatic amines is 1. The monoisotopic (exact) mass is 237 g/mol. The van der Waals surface area contributed by atoms with E-state index in [4.69, 9.17) is 5.26 Å². The molecule has 0 radical (unpaired) electrons. The van der Waals surface area contributed by atoms with Crippen molar-refractivity contribution in [2.45, 2.75) is 25.8 Å². The largest absolute Gasteiger partial charge is 0.347 e. The van der Waals surface area contributed by atoms with E-state index in [1.807, 2.05) is 13.0 Å². The summed E-state index contributed by atoms with van der Waals surface area (Å²) in [5, 5.41) is 27.4. The average molecular weight is 237 g/mol. The van der Waals surface area contributed by atoms with Crippen LogP contribution in [0.2, 0.25) is 0 Å². The molecule has 0 aliphatic heterocycles. The fourth-order valence-electron chi connectivity index (χ4n) is 1.25. The highest BCUT2D eigenvalue weighted by Gasteiger charge is 2.24. The van der Waals surface area contributed by atoms with Crippen LogP contribution in [0.4, 0.5) is 5.69 Å². The van der Waals surface area contributed by atoms with Crippen molar-refractivity contribution in [1.29, 1.82) is 5.26 Å². The number of amides is 1. The van der Waals surface area contributed by atoms with E-state index in [-0.39, 0.29) is 23.8 Å². The SMILES string of the molecule is CC[C@H](CC#N)NC(=O)c1[nH]ncc1[N+](=O)[O-]. The molecule has 90 valence electrons. The van der Waals surface area contributed by atoms with Crippen LogP contribution in [0, 0.1) is 21.4 Å². The summed E-state index contributed by atoms with van der Waals surface area (Å²) in [4.78, 5) is 21.6. The molecule has 2 N–H and O–H groups in total. The van der Waals surface area contributed by atoms with Crippen LogP contribution in [0.3, 0.4) is 0 Å². The summed E-state index contributed by atoms with van der Waals surface area (Å²) in [5.41, 5.74) is -0.583. The molecule has 0 bridgehead atoms. The van der Waals surface area contributed by atoms with Crippen molar-refractivity contribution in [3.8, 4) is 6.07 Å². The second kappa shape index (κ2) is 5.60. The number of hydrogen-bond acceptors (Lipinski definition) is 5. The summed E-state index contributed by atoms with van der Waals surface area (Å²) >= 11 is 0. The Kier molecular flexibility index (Phi) is 4.16. The first kappa shape index (κ1) is 12.6. The summed E-state index contributed by atoms with van der Waals surface area (Å²) in [6.45, 7) is 1.81. The number of nitro groups is 1. The van der Waals surface area contributed by atoms with Gasteiger partial charge >= 0.3 is 5.69 Å². The summed E-state index contributed by atoms with van der Waals surface area (Å²) in [6.07, 6.45) is 1.70. The predicted molar refractivity (Wildman–Crippen MR) is 57.0 cm³/mol. The zero-order valence-corrected chi connectivity index (χ0v) is 9.14. The number of rotatable bonds is 5. The highest BCUT2D eigenvalue weighted by atomic mass is 16.6. The molecule has 0 aliphatic carbocycles. The maximum atomic E-state index is 11.7. The lowest BCUT2D eigenvalue weighted by Crippen LogP contribution is -2.34. The molecule has 8 heteroatoms. The average Bonchev–Trinajstić information content (AvgIpc) is 2.77. The smallest absolute Gasteiger partial charge is 0.319 e. The van der Waals surface area contributed by atoms with Crippen LogP contribution in [0.5, 0.6) is 0 Å². The standard InChI is InChI=1S/C9H11N5O3/c1-2-6(3-4-10)12-9(15)8-7(14(16)17)5-11-13-8/h5-6H,2-3H2,1H3,(H,11,13)(H,12,15)/t6-/m1/s1. The Hall–Kier alpha value is -2.43. The van der Waals surface area contributed by atoms with E-state index < -0.39 is 10.8 Å². The van der Waals surface area contributed by atoms with E-state index in [1.54, 1.807) is 0 Å². The molecule has 0 fully saturated rings. The van der Waals surface area contributed by atoms with Gasteiger partial charge in [0.1, 0.15) is 6.20 Å². The number of nitrogens with one attached hydrogen (secondary N) is 2. The lowest BCUT2D eigenvalue weighted by molar-refractivity contribution is -0.385. The molecular formula is C9H11N5O3.